The zero-order chi connectivity index (χ0) is 14.4. The first-order valence-corrected chi connectivity index (χ1v) is 8.90. The average molecular weight is 291 g/mol. The fourth-order valence-corrected chi connectivity index (χ4v) is 3.86. The van der Waals surface area contributed by atoms with E-state index in [4.69, 9.17) is 0 Å². The van der Waals surface area contributed by atoms with Crippen molar-refractivity contribution in [3.63, 3.8) is 0 Å². The Hall–Kier alpha value is -0.960. The molecule has 0 aliphatic carbocycles. The molecule has 0 radical (unpaired) electrons. The number of carbonyl (C=O) groups is 1. The van der Waals surface area contributed by atoms with E-state index in [1.54, 1.807) is 11.8 Å². The number of benzene rings is 1. The summed E-state index contributed by atoms with van der Waals surface area (Å²) in [5.74, 6) is 0.566. The Bertz CT molecular complexity index is 420. The molecule has 1 heterocycles. The monoisotopic (exact) mass is 291 g/mol. The first kappa shape index (κ1) is 15.4. The summed E-state index contributed by atoms with van der Waals surface area (Å²) in [6.07, 6.45) is 8.15. The Morgan fingerprint density at radius 3 is 2.50 bits per heavy atom. The lowest BCUT2D eigenvalue weighted by atomic mass is 10.00. The van der Waals surface area contributed by atoms with Gasteiger partial charge in [-0.15, -0.1) is 11.8 Å². The summed E-state index contributed by atoms with van der Waals surface area (Å²) in [5.41, 5.74) is 1.43. The van der Waals surface area contributed by atoms with E-state index in [1.165, 1.54) is 31.2 Å². The minimum atomic E-state index is 0.225. The number of hydrogen-bond acceptors (Lipinski definition) is 2. The molecule has 20 heavy (non-hydrogen) atoms. The lowest BCUT2D eigenvalue weighted by Gasteiger charge is -2.45. The van der Waals surface area contributed by atoms with Crippen LogP contribution in [0.15, 0.2) is 30.3 Å². The summed E-state index contributed by atoms with van der Waals surface area (Å²) in [7, 11) is 0. The van der Waals surface area contributed by atoms with Gasteiger partial charge < -0.3 is 4.90 Å². The second-order valence-corrected chi connectivity index (χ2v) is 6.55. The topological polar surface area (TPSA) is 20.3 Å². The number of β-lactam (4-membered cyclic amide) rings is 1. The smallest absolute Gasteiger partial charge is 0.229 e. The number of carbonyl (C=O) groups excluding carboxylic acids is 1. The predicted molar refractivity (Wildman–Crippen MR) is 86.8 cm³/mol. The third-order valence-corrected chi connectivity index (χ3v) is 5.25. The van der Waals surface area contributed by atoms with Gasteiger partial charge in [-0.05, 0) is 31.1 Å². The fourth-order valence-electron chi connectivity index (χ4n) is 2.88. The van der Waals surface area contributed by atoms with Crippen LogP contribution in [0.5, 0.6) is 0 Å². The summed E-state index contributed by atoms with van der Waals surface area (Å²) in [6, 6.07) is 10.7. The van der Waals surface area contributed by atoms with Gasteiger partial charge in [-0.3, -0.25) is 4.79 Å². The molecule has 0 N–H and O–H groups in total. The number of amides is 1. The third kappa shape index (κ3) is 3.78. The molecule has 1 aromatic rings. The maximum Gasteiger partial charge on any atom is 0.229 e. The van der Waals surface area contributed by atoms with E-state index in [-0.39, 0.29) is 5.92 Å². The highest BCUT2D eigenvalue weighted by Gasteiger charge is 2.42. The van der Waals surface area contributed by atoms with Crippen LogP contribution in [-0.4, -0.2) is 29.0 Å². The minimum absolute atomic E-state index is 0.225. The number of thioether (sulfide) groups is 1. The molecule has 1 aliphatic rings. The van der Waals surface area contributed by atoms with Crippen molar-refractivity contribution in [3.8, 4) is 0 Å². The van der Waals surface area contributed by atoms with E-state index in [1.807, 2.05) is 11.8 Å². The van der Waals surface area contributed by atoms with Crippen LogP contribution < -0.4 is 0 Å². The molecule has 2 unspecified atom stereocenters. The van der Waals surface area contributed by atoms with Crippen LogP contribution in [0.2, 0.25) is 0 Å². The van der Waals surface area contributed by atoms with Gasteiger partial charge >= 0.3 is 0 Å². The molecule has 1 saturated heterocycles. The first-order valence-electron chi connectivity index (χ1n) is 7.61. The van der Waals surface area contributed by atoms with Crippen molar-refractivity contribution in [3.05, 3.63) is 35.9 Å². The van der Waals surface area contributed by atoms with Crippen molar-refractivity contribution in [2.75, 3.05) is 12.8 Å². The highest BCUT2D eigenvalue weighted by Crippen LogP contribution is 2.33. The quantitative estimate of drug-likeness (QED) is 0.534. The number of rotatable bonds is 8. The highest BCUT2D eigenvalue weighted by molar-refractivity contribution is 7.99. The van der Waals surface area contributed by atoms with E-state index in [9.17, 15) is 4.79 Å². The van der Waals surface area contributed by atoms with Gasteiger partial charge in [0.05, 0.1) is 11.3 Å². The van der Waals surface area contributed by atoms with Gasteiger partial charge in [0.2, 0.25) is 5.91 Å². The number of aryl methyl sites for hydroxylation is 1. The molecule has 0 bridgehead atoms. The van der Waals surface area contributed by atoms with Crippen molar-refractivity contribution >= 4 is 17.7 Å². The molecule has 2 nitrogen and oxygen atoms in total. The molecule has 1 amide bonds. The first-order chi connectivity index (χ1) is 9.74. The van der Waals surface area contributed by atoms with E-state index in [2.05, 4.69) is 36.6 Å². The number of likely N-dealkylation sites (tertiary alicyclic amines) is 1. The second kappa shape index (κ2) is 7.72. The molecular formula is C17H25NOS. The molecule has 0 aromatic heterocycles. The van der Waals surface area contributed by atoms with Crippen LogP contribution >= 0.6 is 11.8 Å². The van der Waals surface area contributed by atoms with E-state index < -0.39 is 0 Å². The van der Waals surface area contributed by atoms with Crippen molar-refractivity contribution in [2.45, 2.75) is 44.4 Å². The molecule has 2 atom stereocenters. The van der Waals surface area contributed by atoms with Gasteiger partial charge in [0.15, 0.2) is 0 Å². The Labute approximate surface area is 126 Å². The molecule has 3 heteroatoms. The zero-order valence-electron chi connectivity index (χ0n) is 12.5. The van der Waals surface area contributed by atoms with Crippen LogP contribution in [0, 0.1) is 5.92 Å². The average Bonchev–Trinajstić information content (AvgIpc) is 2.49. The second-order valence-electron chi connectivity index (χ2n) is 5.60. The van der Waals surface area contributed by atoms with E-state index >= 15 is 0 Å². The summed E-state index contributed by atoms with van der Waals surface area (Å²) in [5, 5.41) is 0.423. The molecule has 1 aromatic carbocycles. The Kier molecular flexibility index (Phi) is 5.96. The summed E-state index contributed by atoms with van der Waals surface area (Å²) >= 11 is 1.80. The van der Waals surface area contributed by atoms with Gasteiger partial charge in [-0.2, -0.15) is 0 Å². The predicted octanol–water partition coefficient (Wildman–Crippen LogP) is 3.96. The van der Waals surface area contributed by atoms with Crippen molar-refractivity contribution < 1.29 is 4.79 Å². The summed E-state index contributed by atoms with van der Waals surface area (Å²) < 4.78 is 0. The van der Waals surface area contributed by atoms with Crippen LogP contribution in [0.3, 0.4) is 0 Å². The van der Waals surface area contributed by atoms with Gasteiger partial charge in [0.25, 0.3) is 0 Å². The molecule has 0 spiro atoms. The summed E-state index contributed by atoms with van der Waals surface area (Å²) in [4.78, 5) is 13.8. The van der Waals surface area contributed by atoms with Crippen molar-refractivity contribution in [2.24, 2.45) is 5.92 Å². The van der Waals surface area contributed by atoms with Crippen LogP contribution in [0.4, 0.5) is 0 Å². The van der Waals surface area contributed by atoms with Gasteiger partial charge in [0.1, 0.15) is 0 Å². The number of nitrogens with zero attached hydrogens (tertiary/aromatic N) is 1. The Morgan fingerprint density at radius 1 is 1.10 bits per heavy atom. The molecule has 0 saturated carbocycles. The zero-order valence-corrected chi connectivity index (χ0v) is 13.4. The van der Waals surface area contributed by atoms with Crippen molar-refractivity contribution in [1.29, 1.82) is 0 Å². The SMILES string of the molecule is CSC1C(C)C(=O)N1CCCCCCc1ccccc1. The lowest BCUT2D eigenvalue weighted by Crippen LogP contribution is -2.58. The maximum atomic E-state index is 11.7. The van der Waals surface area contributed by atoms with Gasteiger partial charge in [0, 0.05) is 6.54 Å². The standard InChI is InChI=1S/C17H25NOS/c1-14-16(19)18(17(14)20-2)13-9-4-3-6-10-15-11-7-5-8-12-15/h5,7-8,11-12,14,17H,3-4,6,9-10,13H2,1-2H3. The Balaban J connectivity index is 1.55. The normalized spacial score (nSPS) is 21.9. The van der Waals surface area contributed by atoms with Crippen LogP contribution in [-0.2, 0) is 11.2 Å². The van der Waals surface area contributed by atoms with E-state index in [0.29, 0.717) is 11.3 Å². The molecule has 2 rings (SSSR count). The largest absolute Gasteiger partial charge is 0.330 e. The van der Waals surface area contributed by atoms with Crippen LogP contribution in [0.1, 0.15) is 38.2 Å². The van der Waals surface area contributed by atoms with Crippen molar-refractivity contribution in [1.82, 2.24) is 4.90 Å². The molecule has 110 valence electrons. The van der Waals surface area contributed by atoms with Crippen LogP contribution in [0.25, 0.3) is 0 Å². The minimum Gasteiger partial charge on any atom is -0.330 e. The molecular weight excluding hydrogens is 266 g/mol. The lowest BCUT2D eigenvalue weighted by molar-refractivity contribution is -0.149. The third-order valence-electron chi connectivity index (χ3n) is 4.11. The highest BCUT2D eigenvalue weighted by atomic mass is 32.2. The van der Waals surface area contributed by atoms with Gasteiger partial charge in [-0.25, -0.2) is 0 Å². The fraction of sp³-hybridized carbons (Fsp3) is 0.588. The maximum absolute atomic E-state index is 11.7. The van der Waals surface area contributed by atoms with E-state index in [0.717, 1.165) is 13.0 Å². The molecule has 1 fully saturated rings. The number of hydrogen-bond donors (Lipinski definition) is 0. The summed E-state index contributed by atoms with van der Waals surface area (Å²) in [6.45, 7) is 2.99. The number of unbranched alkanes of at least 4 members (excludes halogenated alkanes) is 3. The Morgan fingerprint density at radius 2 is 1.80 bits per heavy atom. The molecule has 1 aliphatic heterocycles. The van der Waals surface area contributed by atoms with Gasteiger partial charge in [-0.1, -0.05) is 50.1 Å².